The molecule has 1 aliphatic rings. The highest BCUT2D eigenvalue weighted by Crippen LogP contribution is 2.19. The van der Waals surface area contributed by atoms with Crippen molar-refractivity contribution in [2.75, 3.05) is 18.8 Å². The van der Waals surface area contributed by atoms with Gasteiger partial charge in [0, 0.05) is 30.6 Å². The Bertz CT molecular complexity index is 807. The van der Waals surface area contributed by atoms with Gasteiger partial charge in [-0.1, -0.05) is 0 Å². The molecule has 0 radical (unpaired) electrons. The number of unbranched alkanes of at least 4 members (excludes halogenated alkanes) is 1. The fourth-order valence-electron chi connectivity index (χ4n) is 3.71. The van der Waals surface area contributed by atoms with Gasteiger partial charge in [-0.25, -0.2) is 9.78 Å². The fraction of sp³-hybridized carbons (Fsp3) is 0.650. The Balaban J connectivity index is 2.12. The largest absolute Gasteiger partial charge is 0.480 e. The predicted molar refractivity (Wildman–Crippen MR) is 123 cm³/mol. The molecule has 2 heterocycles. The zero-order valence-corrected chi connectivity index (χ0v) is 19.3. The third kappa shape index (κ3) is 7.72. The maximum atomic E-state index is 13.0. The van der Waals surface area contributed by atoms with Crippen molar-refractivity contribution in [3.8, 4) is 0 Å². The molecule has 1 saturated heterocycles. The van der Waals surface area contributed by atoms with Crippen LogP contribution in [0.1, 0.15) is 37.8 Å². The van der Waals surface area contributed by atoms with Crippen LogP contribution in [0.2, 0.25) is 0 Å². The van der Waals surface area contributed by atoms with Gasteiger partial charge < -0.3 is 37.1 Å². The van der Waals surface area contributed by atoms with Crippen LogP contribution in [0, 0.1) is 0 Å². The van der Waals surface area contributed by atoms with Crippen LogP contribution >= 0.6 is 12.6 Å². The Morgan fingerprint density at radius 3 is 2.64 bits per heavy atom. The summed E-state index contributed by atoms with van der Waals surface area (Å²) in [7, 11) is 0. The first-order valence-electron chi connectivity index (χ1n) is 11.0. The maximum Gasteiger partial charge on any atom is 0.326 e. The lowest BCUT2D eigenvalue weighted by Gasteiger charge is -2.28. The summed E-state index contributed by atoms with van der Waals surface area (Å²) >= 11 is 4.05. The van der Waals surface area contributed by atoms with Crippen LogP contribution in [0.5, 0.6) is 0 Å². The highest BCUT2D eigenvalue weighted by Gasteiger charge is 2.37. The minimum atomic E-state index is -1.17. The summed E-state index contributed by atoms with van der Waals surface area (Å²) in [4.78, 5) is 58.3. The Hall–Kier alpha value is -2.64. The van der Waals surface area contributed by atoms with Crippen molar-refractivity contribution in [3.05, 3.63) is 18.2 Å². The van der Waals surface area contributed by atoms with Gasteiger partial charge in [0.2, 0.25) is 17.7 Å². The number of carbonyl (C=O) groups is 4. The number of hydrogen-bond donors (Lipinski definition) is 7. The van der Waals surface area contributed by atoms with Gasteiger partial charge in [0.15, 0.2) is 0 Å². The average molecular weight is 484 g/mol. The molecule has 4 unspecified atom stereocenters. The molecular formula is C20H33N7O5S. The molecule has 4 atom stereocenters. The molecule has 12 nitrogen and oxygen atoms in total. The number of imidazole rings is 1. The summed E-state index contributed by atoms with van der Waals surface area (Å²) in [6.07, 6.45) is 5.48. The van der Waals surface area contributed by atoms with Crippen molar-refractivity contribution >= 4 is 36.3 Å². The summed E-state index contributed by atoms with van der Waals surface area (Å²) in [5.74, 6) is -2.53. The van der Waals surface area contributed by atoms with E-state index >= 15 is 0 Å². The number of carboxylic acid groups (broad SMARTS) is 1. The van der Waals surface area contributed by atoms with E-state index in [1.165, 1.54) is 17.4 Å². The molecule has 1 aromatic rings. The number of aromatic nitrogens is 2. The number of nitrogens with one attached hydrogen (secondary N) is 3. The summed E-state index contributed by atoms with van der Waals surface area (Å²) in [5.41, 5.74) is 11.8. The molecule has 8 N–H and O–H groups in total. The van der Waals surface area contributed by atoms with Crippen molar-refractivity contribution in [1.29, 1.82) is 0 Å². The van der Waals surface area contributed by atoms with Crippen molar-refractivity contribution in [2.45, 2.75) is 62.7 Å². The smallest absolute Gasteiger partial charge is 0.326 e. The molecule has 184 valence electrons. The van der Waals surface area contributed by atoms with E-state index in [1.807, 2.05) is 0 Å². The maximum absolute atomic E-state index is 13.0. The van der Waals surface area contributed by atoms with Gasteiger partial charge >= 0.3 is 5.97 Å². The van der Waals surface area contributed by atoms with Gasteiger partial charge in [-0.2, -0.15) is 12.6 Å². The van der Waals surface area contributed by atoms with Crippen LogP contribution in [0.4, 0.5) is 0 Å². The Morgan fingerprint density at radius 2 is 2.03 bits per heavy atom. The topological polar surface area (TPSA) is 197 Å². The lowest BCUT2D eigenvalue weighted by Crippen LogP contribution is -2.57. The Labute approximate surface area is 197 Å². The standard InChI is InChI=1S/C20H33N7O5S/c21-6-2-1-4-14(20(31)32)25-17(28)15(8-12-9-23-11-24-12)26-18(29)16-5-3-7-27(16)19(30)13(22)10-33/h9,11,13-16,33H,1-8,10,21-22H2,(H,23,24)(H,25,28)(H,26,29)(H,31,32). The summed E-state index contributed by atoms with van der Waals surface area (Å²) in [6.45, 7) is 0.810. The molecule has 0 spiro atoms. The molecule has 1 aromatic heterocycles. The van der Waals surface area contributed by atoms with Crippen molar-refractivity contribution in [3.63, 3.8) is 0 Å². The van der Waals surface area contributed by atoms with E-state index in [1.54, 1.807) is 0 Å². The average Bonchev–Trinajstić information content (AvgIpc) is 3.48. The van der Waals surface area contributed by atoms with Gasteiger partial charge in [-0.05, 0) is 38.6 Å². The second kappa shape index (κ2) is 13.2. The lowest BCUT2D eigenvalue weighted by molar-refractivity contribution is -0.143. The third-order valence-corrected chi connectivity index (χ3v) is 5.92. The van der Waals surface area contributed by atoms with Gasteiger partial charge in [0.05, 0.1) is 12.4 Å². The minimum absolute atomic E-state index is 0.0729. The van der Waals surface area contributed by atoms with Crippen LogP contribution in [0.15, 0.2) is 12.5 Å². The number of aromatic amines is 1. The van der Waals surface area contributed by atoms with E-state index in [0.29, 0.717) is 44.5 Å². The molecular weight excluding hydrogens is 450 g/mol. The van der Waals surface area contributed by atoms with E-state index in [9.17, 15) is 24.3 Å². The number of nitrogens with zero attached hydrogens (tertiary/aromatic N) is 2. The van der Waals surface area contributed by atoms with Crippen LogP contribution in [-0.4, -0.2) is 86.7 Å². The number of amides is 3. The van der Waals surface area contributed by atoms with E-state index in [2.05, 4.69) is 33.2 Å². The number of aliphatic carboxylic acids is 1. The number of rotatable bonds is 13. The first kappa shape index (κ1) is 26.6. The molecule has 0 saturated carbocycles. The molecule has 2 rings (SSSR count). The molecule has 0 aromatic carbocycles. The third-order valence-electron chi connectivity index (χ3n) is 5.53. The zero-order valence-electron chi connectivity index (χ0n) is 18.4. The van der Waals surface area contributed by atoms with Crippen LogP contribution in [-0.2, 0) is 25.6 Å². The molecule has 1 aliphatic heterocycles. The molecule has 3 amide bonds. The highest BCUT2D eigenvalue weighted by molar-refractivity contribution is 7.80. The lowest BCUT2D eigenvalue weighted by atomic mass is 10.1. The van der Waals surface area contributed by atoms with Gasteiger partial charge in [-0.15, -0.1) is 0 Å². The number of carbonyl (C=O) groups excluding carboxylic acids is 3. The number of likely N-dealkylation sites (tertiary alicyclic amines) is 1. The van der Waals surface area contributed by atoms with E-state index < -0.39 is 42.0 Å². The van der Waals surface area contributed by atoms with Crippen molar-refractivity contribution in [1.82, 2.24) is 25.5 Å². The fourth-order valence-corrected chi connectivity index (χ4v) is 3.87. The molecule has 0 aliphatic carbocycles. The van der Waals surface area contributed by atoms with Crippen LogP contribution in [0.3, 0.4) is 0 Å². The van der Waals surface area contributed by atoms with E-state index in [4.69, 9.17) is 11.5 Å². The van der Waals surface area contributed by atoms with Crippen LogP contribution in [0.25, 0.3) is 0 Å². The highest BCUT2D eigenvalue weighted by atomic mass is 32.1. The SMILES string of the molecule is NCCCCC(NC(=O)C(Cc1cnc[nH]1)NC(=O)C1CCCN1C(=O)C(N)CS)C(=O)O. The van der Waals surface area contributed by atoms with E-state index in [-0.39, 0.29) is 24.5 Å². The summed E-state index contributed by atoms with van der Waals surface area (Å²) in [6, 6.07) is -3.76. The number of carboxylic acids is 1. The van der Waals surface area contributed by atoms with Gasteiger partial charge in [0.25, 0.3) is 0 Å². The van der Waals surface area contributed by atoms with Crippen molar-refractivity contribution < 1.29 is 24.3 Å². The van der Waals surface area contributed by atoms with E-state index in [0.717, 1.165) is 0 Å². The van der Waals surface area contributed by atoms with Gasteiger partial charge in [-0.3, -0.25) is 14.4 Å². The number of nitrogens with two attached hydrogens (primary N) is 2. The summed E-state index contributed by atoms with van der Waals surface area (Å²) < 4.78 is 0. The predicted octanol–water partition coefficient (Wildman–Crippen LogP) is -1.62. The molecule has 33 heavy (non-hydrogen) atoms. The number of thiol groups is 1. The van der Waals surface area contributed by atoms with Crippen molar-refractivity contribution in [2.24, 2.45) is 11.5 Å². The molecule has 1 fully saturated rings. The Kier molecular flexibility index (Phi) is 10.6. The second-order valence-electron chi connectivity index (χ2n) is 8.00. The number of H-pyrrole nitrogens is 1. The van der Waals surface area contributed by atoms with Gasteiger partial charge in [0.1, 0.15) is 18.1 Å². The quantitative estimate of drug-likeness (QED) is 0.128. The first-order chi connectivity index (χ1) is 15.8. The van der Waals surface area contributed by atoms with Crippen LogP contribution < -0.4 is 22.1 Å². The first-order valence-corrected chi connectivity index (χ1v) is 11.6. The monoisotopic (exact) mass is 483 g/mol. The normalized spacial score (nSPS) is 18.4. The second-order valence-corrected chi connectivity index (χ2v) is 8.37. The molecule has 0 bridgehead atoms. The summed E-state index contributed by atoms with van der Waals surface area (Å²) in [5, 5.41) is 14.7. The minimum Gasteiger partial charge on any atom is -0.480 e. The zero-order chi connectivity index (χ0) is 24.4. The Morgan fingerprint density at radius 1 is 1.27 bits per heavy atom. The number of hydrogen-bond acceptors (Lipinski definition) is 8. The molecule has 13 heteroatoms.